The molecule has 8 heteroatoms. The van der Waals surface area contributed by atoms with Gasteiger partial charge in [0.2, 0.25) is 0 Å². The third kappa shape index (κ3) is 5.96. The maximum absolute atomic E-state index is 12.2. The Bertz CT molecular complexity index is 1160. The van der Waals surface area contributed by atoms with Crippen molar-refractivity contribution in [2.75, 3.05) is 6.61 Å². The lowest BCUT2D eigenvalue weighted by atomic mass is 10.2. The Hall–Kier alpha value is -3.58. The van der Waals surface area contributed by atoms with Gasteiger partial charge in [0.05, 0.1) is 12.8 Å². The maximum atomic E-state index is 12.2. The standard InChI is InChI=1S/C23H22ClN3O4/c1-3-30-21-13-16(9-10-20(21)31-15-17-6-4-7-18(24)12-17)14-25-26-22(28)19-8-5-11-27(2)23(19)29/h4-14H,3,15H2,1-2H3,(H,26,28)/b25-14-. The first-order valence-corrected chi connectivity index (χ1v) is 9.99. The number of hydrogen-bond donors (Lipinski definition) is 1. The summed E-state index contributed by atoms with van der Waals surface area (Å²) < 4.78 is 12.9. The fourth-order valence-electron chi connectivity index (χ4n) is 2.78. The number of carbonyl (C=O) groups is 1. The van der Waals surface area contributed by atoms with Gasteiger partial charge in [-0.2, -0.15) is 5.10 Å². The second-order valence-corrected chi connectivity index (χ2v) is 7.03. The summed E-state index contributed by atoms with van der Waals surface area (Å²) in [5, 5.41) is 4.59. The molecule has 0 radical (unpaired) electrons. The van der Waals surface area contributed by atoms with Crippen LogP contribution in [0.2, 0.25) is 5.02 Å². The van der Waals surface area contributed by atoms with Gasteiger partial charge in [-0.3, -0.25) is 9.59 Å². The first kappa shape index (κ1) is 22.1. The van der Waals surface area contributed by atoms with Crippen molar-refractivity contribution in [1.82, 2.24) is 9.99 Å². The van der Waals surface area contributed by atoms with Crippen molar-refractivity contribution >= 4 is 23.7 Å². The molecule has 0 fully saturated rings. The molecule has 0 atom stereocenters. The number of rotatable bonds is 8. The summed E-state index contributed by atoms with van der Waals surface area (Å²) in [6.45, 7) is 2.68. The number of benzene rings is 2. The van der Waals surface area contributed by atoms with Crippen LogP contribution in [-0.2, 0) is 13.7 Å². The van der Waals surface area contributed by atoms with Gasteiger partial charge < -0.3 is 14.0 Å². The molecule has 0 aliphatic rings. The van der Waals surface area contributed by atoms with Crippen LogP contribution < -0.4 is 20.5 Å². The van der Waals surface area contributed by atoms with E-state index in [-0.39, 0.29) is 5.56 Å². The van der Waals surface area contributed by atoms with Crippen LogP contribution in [0, 0.1) is 0 Å². The molecule has 0 aliphatic carbocycles. The van der Waals surface area contributed by atoms with Crippen LogP contribution in [0.5, 0.6) is 11.5 Å². The molecule has 3 aromatic rings. The number of hydrogen-bond acceptors (Lipinski definition) is 5. The molecule has 3 rings (SSSR count). The smallest absolute Gasteiger partial charge is 0.276 e. The molecule has 1 N–H and O–H groups in total. The largest absolute Gasteiger partial charge is 0.490 e. The molecule has 0 aliphatic heterocycles. The van der Waals surface area contributed by atoms with E-state index in [1.165, 1.54) is 16.8 Å². The molecule has 1 amide bonds. The lowest BCUT2D eigenvalue weighted by Gasteiger charge is -2.12. The normalized spacial score (nSPS) is 10.8. The lowest BCUT2D eigenvalue weighted by Crippen LogP contribution is -2.29. The molecule has 1 heterocycles. The third-order valence-electron chi connectivity index (χ3n) is 4.30. The van der Waals surface area contributed by atoms with E-state index in [9.17, 15) is 9.59 Å². The second kappa shape index (κ2) is 10.4. The predicted octanol–water partition coefficient (Wildman–Crippen LogP) is 3.78. The zero-order valence-electron chi connectivity index (χ0n) is 17.2. The number of hydrazone groups is 1. The number of ether oxygens (including phenoxy) is 2. The van der Waals surface area contributed by atoms with Gasteiger partial charge in [-0.25, -0.2) is 5.43 Å². The Morgan fingerprint density at radius 3 is 2.74 bits per heavy atom. The molecule has 1 aromatic heterocycles. The van der Waals surface area contributed by atoms with Crippen molar-refractivity contribution in [3.8, 4) is 11.5 Å². The summed E-state index contributed by atoms with van der Waals surface area (Å²) in [4.78, 5) is 24.2. The topological polar surface area (TPSA) is 81.9 Å². The van der Waals surface area contributed by atoms with E-state index in [1.807, 2.05) is 25.1 Å². The number of halogens is 1. The highest BCUT2D eigenvalue weighted by Crippen LogP contribution is 2.29. The van der Waals surface area contributed by atoms with Crippen LogP contribution in [0.3, 0.4) is 0 Å². The van der Waals surface area contributed by atoms with E-state index in [4.69, 9.17) is 21.1 Å². The molecule has 0 saturated carbocycles. The molecule has 0 unspecified atom stereocenters. The Kier molecular flexibility index (Phi) is 7.45. The third-order valence-corrected chi connectivity index (χ3v) is 4.53. The van der Waals surface area contributed by atoms with Gasteiger partial charge in [0.1, 0.15) is 12.2 Å². The molecule has 7 nitrogen and oxygen atoms in total. The summed E-state index contributed by atoms with van der Waals surface area (Å²) in [5.74, 6) is 0.552. The highest BCUT2D eigenvalue weighted by Gasteiger charge is 2.10. The van der Waals surface area contributed by atoms with Crippen molar-refractivity contribution < 1.29 is 14.3 Å². The number of nitrogens with zero attached hydrogens (tertiary/aromatic N) is 2. The zero-order chi connectivity index (χ0) is 22.2. The summed E-state index contributed by atoms with van der Waals surface area (Å²) >= 11 is 6.01. The highest BCUT2D eigenvalue weighted by atomic mass is 35.5. The van der Waals surface area contributed by atoms with Crippen LogP contribution in [0.15, 0.2) is 70.7 Å². The molecular formula is C23H22ClN3O4. The minimum atomic E-state index is -0.580. The first-order valence-electron chi connectivity index (χ1n) is 9.61. The van der Waals surface area contributed by atoms with E-state index < -0.39 is 11.5 Å². The summed E-state index contributed by atoms with van der Waals surface area (Å²) in [5.41, 5.74) is 3.62. The lowest BCUT2D eigenvalue weighted by molar-refractivity contribution is 0.0953. The average Bonchev–Trinajstić information content (AvgIpc) is 2.75. The Balaban J connectivity index is 1.69. The van der Waals surface area contributed by atoms with E-state index in [1.54, 1.807) is 43.6 Å². The van der Waals surface area contributed by atoms with E-state index in [0.29, 0.717) is 35.3 Å². The van der Waals surface area contributed by atoms with Crippen molar-refractivity contribution in [3.63, 3.8) is 0 Å². The fourth-order valence-corrected chi connectivity index (χ4v) is 2.99. The van der Waals surface area contributed by atoms with Gasteiger partial charge in [-0.05, 0) is 60.5 Å². The van der Waals surface area contributed by atoms with Crippen molar-refractivity contribution in [1.29, 1.82) is 0 Å². The molecule has 0 saturated heterocycles. The van der Waals surface area contributed by atoms with Crippen LogP contribution in [-0.4, -0.2) is 23.3 Å². The predicted molar refractivity (Wildman–Crippen MR) is 120 cm³/mol. The Labute approximate surface area is 184 Å². The van der Waals surface area contributed by atoms with Gasteiger partial charge in [-0.15, -0.1) is 0 Å². The molecular weight excluding hydrogens is 418 g/mol. The number of aryl methyl sites for hydroxylation is 1. The minimum Gasteiger partial charge on any atom is -0.490 e. The summed E-state index contributed by atoms with van der Waals surface area (Å²) in [6, 6.07) is 15.8. The highest BCUT2D eigenvalue weighted by molar-refractivity contribution is 6.30. The minimum absolute atomic E-state index is 0.0157. The quantitative estimate of drug-likeness (QED) is 0.427. The molecule has 2 aromatic carbocycles. The van der Waals surface area contributed by atoms with E-state index >= 15 is 0 Å². The number of nitrogens with one attached hydrogen (secondary N) is 1. The van der Waals surface area contributed by atoms with Gasteiger partial charge in [0.15, 0.2) is 11.5 Å². The molecule has 31 heavy (non-hydrogen) atoms. The van der Waals surface area contributed by atoms with Crippen molar-refractivity contribution in [3.05, 3.63) is 92.9 Å². The van der Waals surface area contributed by atoms with Gasteiger partial charge in [0.25, 0.3) is 11.5 Å². The van der Waals surface area contributed by atoms with Crippen LogP contribution in [0.4, 0.5) is 0 Å². The zero-order valence-corrected chi connectivity index (χ0v) is 17.9. The number of amides is 1. The van der Waals surface area contributed by atoms with Gasteiger partial charge >= 0.3 is 0 Å². The second-order valence-electron chi connectivity index (χ2n) is 6.59. The van der Waals surface area contributed by atoms with E-state index in [2.05, 4.69) is 10.5 Å². The maximum Gasteiger partial charge on any atom is 0.276 e. The average molecular weight is 440 g/mol. The number of carbonyl (C=O) groups excluding carboxylic acids is 1. The summed E-state index contributed by atoms with van der Waals surface area (Å²) in [6.07, 6.45) is 3.04. The molecule has 160 valence electrons. The van der Waals surface area contributed by atoms with Gasteiger partial charge in [-0.1, -0.05) is 23.7 Å². The Morgan fingerprint density at radius 2 is 1.97 bits per heavy atom. The first-order chi connectivity index (χ1) is 15.0. The van der Waals surface area contributed by atoms with Crippen molar-refractivity contribution in [2.45, 2.75) is 13.5 Å². The van der Waals surface area contributed by atoms with Gasteiger partial charge in [0, 0.05) is 18.3 Å². The summed E-state index contributed by atoms with van der Waals surface area (Å²) in [7, 11) is 1.58. The van der Waals surface area contributed by atoms with Crippen LogP contribution in [0.1, 0.15) is 28.4 Å². The fraction of sp³-hybridized carbons (Fsp3) is 0.174. The monoisotopic (exact) mass is 439 g/mol. The van der Waals surface area contributed by atoms with E-state index in [0.717, 1.165) is 5.56 Å². The Morgan fingerprint density at radius 1 is 1.13 bits per heavy atom. The molecule has 0 spiro atoms. The van der Waals surface area contributed by atoms with Crippen molar-refractivity contribution in [2.24, 2.45) is 12.1 Å². The van der Waals surface area contributed by atoms with Crippen LogP contribution in [0.25, 0.3) is 0 Å². The molecule has 0 bridgehead atoms. The number of aromatic nitrogens is 1. The SMILES string of the molecule is CCOc1cc(/C=N\NC(=O)c2cccn(C)c2=O)ccc1OCc1cccc(Cl)c1. The number of pyridine rings is 1. The van der Waals surface area contributed by atoms with Crippen LogP contribution >= 0.6 is 11.6 Å².